The van der Waals surface area contributed by atoms with Gasteiger partial charge in [-0.05, 0) is 12.1 Å². The van der Waals surface area contributed by atoms with Crippen molar-refractivity contribution in [2.24, 2.45) is 0 Å². The minimum atomic E-state index is 0.710. The van der Waals surface area contributed by atoms with Gasteiger partial charge in [-0.2, -0.15) is 0 Å². The maximum Gasteiger partial charge on any atom is 0.139 e. The normalized spacial score (nSPS) is 10.8. The first-order valence-corrected chi connectivity index (χ1v) is 5.41. The Morgan fingerprint density at radius 3 is 2.62 bits per heavy atom. The summed E-state index contributed by atoms with van der Waals surface area (Å²) in [5, 5.41) is 1.67. The summed E-state index contributed by atoms with van der Waals surface area (Å²) in [7, 11) is 0. The minimum absolute atomic E-state index is 0.710. The smallest absolute Gasteiger partial charge is 0.139 e. The lowest BCUT2D eigenvalue weighted by atomic mass is 10.1. The molecule has 0 saturated carbocycles. The molecule has 2 nitrogen and oxygen atoms in total. The SMILES string of the molecule is Clc1c[nH]c2nc(-c3ccccc3)ccc12. The lowest BCUT2D eigenvalue weighted by molar-refractivity contribution is 1.32. The molecule has 3 heteroatoms. The van der Waals surface area contributed by atoms with E-state index in [1.165, 1.54) is 0 Å². The van der Waals surface area contributed by atoms with Gasteiger partial charge in [0.1, 0.15) is 5.65 Å². The summed E-state index contributed by atoms with van der Waals surface area (Å²) >= 11 is 6.00. The van der Waals surface area contributed by atoms with E-state index in [9.17, 15) is 0 Å². The predicted molar refractivity (Wildman–Crippen MR) is 66.5 cm³/mol. The summed E-state index contributed by atoms with van der Waals surface area (Å²) in [5.41, 5.74) is 2.88. The number of halogens is 1. The monoisotopic (exact) mass is 228 g/mol. The lowest BCUT2D eigenvalue weighted by Gasteiger charge is -2.00. The van der Waals surface area contributed by atoms with E-state index in [0.29, 0.717) is 5.02 Å². The number of hydrogen-bond acceptors (Lipinski definition) is 1. The van der Waals surface area contributed by atoms with Gasteiger partial charge < -0.3 is 4.98 Å². The summed E-state index contributed by atoms with van der Waals surface area (Å²) in [6.45, 7) is 0. The second kappa shape index (κ2) is 3.65. The molecule has 0 atom stereocenters. The largest absolute Gasteiger partial charge is 0.345 e. The van der Waals surface area contributed by atoms with Crippen LogP contribution in [0.3, 0.4) is 0 Å². The fourth-order valence-corrected chi connectivity index (χ4v) is 1.95. The zero-order chi connectivity index (χ0) is 11.0. The third-order valence-corrected chi connectivity index (χ3v) is 2.87. The summed E-state index contributed by atoms with van der Waals surface area (Å²) < 4.78 is 0. The van der Waals surface area contributed by atoms with Crippen molar-refractivity contribution in [3.8, 4) is 11.3 Å². The van der Waals surface area contributed by atoms with Crippen LogP contribution in [-0.2, 0) is 0 Å². The Hall–Kier alpha value is -1.80. The van der Waals surface area contributed by atoms with Crippen molar-refractivity contribution in [3.63, 3.8) is 0 Å². The van der Waals surface area contributed by atoms with E-state index >= 15 is 0 Å². The fraction of sp³-hybridized carbons (Fsp3) is 0. The number of nitrogens with one attached hydrogen (secondary N) is 1. The average molecular weight is 229 g/mol. The van der Waals surface area contributed by atoms with Gasteiger partial charge in [0.05, 0.1) is 10.7 Å². The van der Waals surface area contributed by atoms with Gasteiger partial charge in [0.25, 0.3) is 0 Å². The van der Waals surface area contributed by atoms with Crippen molar-refractivity contribution < 1.29 is 0 Å². The highest BCUT2D eigenvalue weighted by Crippen LogP contribution is 2.25. The Morgan fingerprint density at radius 2 is 1.81 bits per heavy atom. The van der Waals surface area contributed by atoms with Crippen molar-refractivity contribution in [3.05, 3.63) is 53.7 Å². The topological polar surface area (TPSA) is 28.7 Å². The number of aromatic nitrogens is 2. The van der Waals surface area contributed by atoms with E-state index in [0.717, 1.165) is 22.3 Å². The molecule has 0 fully saturated rings. The first-order valence-electron chi connectivity index (χ1n) is 5.03. The number of pyridine rings is 1. The van der Waals surface area contributed by atoms with E-state index in [4.69, 9.17) is 11.6 Å². The van der Waals surface area contributed by atoms with Crippen LogP contribution in [0, 0.1) is 0 Å². The van der Waals surface area contributed by atoms with Crippen LogP contribution in [-0.4, -0.2) is 9.97 Å². The van der Waals surface area contributed by atoms with E-state index < -0.39 is 0 Å². The van der Waals surface area contributed by atoms with E-state index in [-0.39, 0.29) is 0 Å². The Bertz CT molecular complexity index is 629. The molecule has 1 N–H and O–H groups in total. The van der Waals surface area contributed by atoms with Crippen molar-refractivity contribution in [1.82, 2.24) is 9.97 Å². The lowest BCUT2D eigenvalue weighted by Crippen LogP contribution is -1.83. The van der Waals surface area contributed by atoms with E-state index in [1.807, 2.05) is 42.5 Å². The van der Waals surface area contributed by atoms with Crippen LogP contribution in [0.15, 0.2) is 48.7 Å². The van der Waals surface area contributed by atoms with Crippen molar-refractivity contribution in [2.75, 3.05) is 0 Å². The van der Waals surface area contributed by atoms with Crippen LogP contribution in [0.4, 0.5) is 0 Å². The Kier molecular flexibility index (Phi) is 2.15. The van der Waals surface area contributed by atoms with Gasteiger partial charge in [-0.1, -0.05) is 41.9 Å². The molecule has 16 heavy (non-hydrogen) atoms. The van der Waals surface area contributed by atoms with E-state index in [1.54, 1.807) is 6.20 Å². The molecule has 0 amide bonds. The van der Waals surface area contributed by atoms with Crippen molar-refractivity contribution >= 4 is 22.6 Å². The number of fused-ring (bicyclic) bond motifs is 1. The molecule has 0 spiro atoms. The molecule has 2 heterocycles. The van der Waals surface area contributed by atoms with Gasteiger partial charge in [0.15, 0.2) is 0 Å². The molecule has 0 saturated heterocycles. The molecule has 3 aromatic rings. The highest BCUT2D eigenvalue weighted by Gasteiger charge is 2.04. The molecular formula is C13H9ClN2. The minimum Gasteiger partial charge on any atom is -0.345 e. The highest BCUT2D eigenvalue weighted by atomic mass is 35.5. The molecule has 0 aliphatic heterocycles. The van der Waals surface area contributed by atoms with E-state index in [2.05, 4.69) is 9.97 Å². The Balaban J connectivity index is 2.19. The maximum absolute atomic E-state index is 6.00. The van der Waals surface area contributed by atoms with Gasteiger partial charge in [0, 0.05) is 17.1 Å². The second-order valence-electron chi connectivity index (χ2n) is 3.60. The van der Waals surface area contributed by atoms with Gasteiger partial charge in [-0.3, -0.25) is 0 Å². The summed E-state index contributed by atoms with van der Waals surface area (Å²) in [4.78, 5) is 7.58. The van der Waals surface area contributed by atoms with Gasteiger partial charge in [-0.25, -0.2) is 4.98 Å². The standard InChI is InChI=1S/C13H9ClN2/c14-11-8-15-13-10(11)6-7-12(16-13)9-4-2-1-3-5-9/h1-8H,(H,15,16). The van der Waals surface area contributed by atoms with Crippen molar-refractivity contribution in [2.45, 2.75) is 0 Å². The first kappa shape index (κ1) is 9.43. The number of hydrogen-bond donors (Lipinski definition) is 1. The van der Waals surface area contributed by atoms with Crippen LogP contribution in [0.25, 0.3) is 22.3 Å². The third kappa shape index (κ3) is 1.48. The fourth-order valence-electron chi connectivity index (χ4n) is 1.74. The van der Waals surface area contributed by atoms with Crippen LogP contribution in [0.5, 0.6) is 0 Å². The summed E-state index contributed by atoms with van der Waals surface area (Å²) in [6, 6.07) is 14.1. The van der Waals surface area contributed by atoms with Crippen LogP contribution in [0.2, 0.25) is 5.02 Å². The van der Waals surface area contributed by atoms with Gasteiger partial charge in [0.2, 0.25) is 0 Å². The first-order chi connectivity index (χ1) is 7.84. The third-order valence-electron chi connectivity index (χ3n) is 2.56. The average Bonchev–Trinajstić information content (AvgIpc) is 2.72. The summed E-state index contributed by atoms with van der Waals surface area (Å²) in [6.07, 6.45) is 1.76. The quantitative estimate of drug-likeness (QED) is 0.673. The zero-order valence-electron chi connectivity index (χ0n) is 8.44. The highest BCUT2D eigenvalue weighted by molar-refractivity contribution is 6.35. The zero-order valence-corrected chi connectivity index (χ0v) is 9.20. The number of aromatic amines is 1. The van der Waals surface area contributed by atoms with Crippen LogP contribution < -0.4 is 0 Å². The molecule has 78 valence electrons. The molecule has 0 radical (unpaired) electrons. The Morgan fingerprint density at radius 1 is 1.00 bits per heavy atom. The number of H-pyrrole nitrogens is 1. The number of benzene rings is 1. The predicted octanol–water partition coefficient (Wildman–Crippen LogP) is 3.88. The molecule has 0 aliphatic rings. The maximum atomic E-state index is 6.00. The molecule has 2 aromatic heterocycles. The molecule has 3 rings (SSSR count). The molecule has 0 bridgehead atoms. The Labute approximate surface area is 97.9 Å². The van der Waals surface area contributed by atoms with Crippen molar-refractivity contribution in [1.29, 1.82) is 0 Å². The van der Waals surface area contributed by atoms with Gasteiger partial charge >= 0.3 is 0 Å². The van der Waals surface area contributed by atoms with Crippen LogP contribution >= 0.6 is 11.6 Å². The number of nitrogens with zero attached hydrogens (tertiary/aromatic N) is 1. The second-order valence-corrected chi connectivity index (χ2v) is 4.00. The van der Waals surface area contributed by atoms with Gasteiger partial charge in [-0.15, -0.1) is 0 Å². The molecule has 0 aliphatic carbocycles. The van der Waals surface area contributed by atoms with Crippen LogP contribution in [0.1, 0.15) is 0 Å². The molecular weight excluding hydrogens is 220 g/mol. The summed E-state index contributed by atoms with van der Waals surface area (Å²) in [5.74, 6) is 0. The number of rotatable bonds is 1. The molecule has 1 aromatic carbocycles. The molecule has 0 unspecified atom stereocenters.